The number of piperazine rings is 1. The lowest BCUT2D eigenvalue weighted by molar-refractivity contribution is -0.145. The van der Waals surface area contributed by atoms with E-state index >= 15 is 0 Å². The van der Waals surface area contributed by atoms with Crippen molar-refractivity contribution >= 4 is 11.9 Å². The molecule has 5 nitrogen and oxygen atoms in total. The molecule has 0 bridgehead atoms. The Bertz CT molecular complexity index is 567. The molecule has 0 N–H and O–H groups in total. The fourth-order valence-electron chi connectivity index (χ4n) is 3.05. The van der Waals surface area contributed by atoms with Gasteiger partial charge in [0.15, 0.2) is 0 Å². The van der Waals surface area contributed by atoms with E-state index in [1.165, 1.54) is 24.3 Å². The van der Waals surface area contributed by atoms with Gasteiger partial charge in [-0.2, -0.15) is 0 Å². The molecule has 22 heavy (non-hydrogen) atoms. The summed E-state index contributed by atoms with van der Waals surface area (Å²) in [6.45, 7) is 4.33. The van der Waals surface area contributed by atoms with Gasteiger partial charge in [-0.25, -0.2) is 4.39 Å². The number of rotatable bonds is 2. The van der Waals surface area contributed by atoms with Gasteiger partial charge in [-0.05, 0) is 31.2 Å². The Morgan fingerprint density at radius 2 is 1.82 bits per heavy atom. The van der Waals surface area contributed by atoms with Crippen molar-refractivity contribution in [1.82, 2.24) is 9.80 Å². The van der Waals surface area contributed by atoms with Crippen LogP contribution in [0.1, 0.15) is 23.7 Å². The highest BCUT2D eigenvalue weighted by Gasteiger charge is 2.38. The number of hydrogen-bond acceptors (Lipinski definition) is 4. The zero-order valence-electron chi connectivity index (χ0n) is 12.5. The molecule has 2 aliphatic heterocycles. The first-order chi connectivity index (χ1) is 10.5. The van der Waals surface area contributed by atoms with Crippen molar-refractivity contribution in [3.63, 3.8) is 0 Å². The normalized spacial score (nSPS) is 26.1. The Kier molecular flexibility index (Phi) is 4.11. The van der Waals surface area contributed by atoms with Crippen molar-refractivity contribution in [3.05, 3.63) is 35.6 Å². The fraction of sp³-hybridized carbons (Fsp3) is 0.500. The van der Waals surface area contributed by atoms with E-state index in [2.05, 4.69) is 4.90 Å². The third-order valence-corrected chi connectivity index (χ3v) is 4.28. The number of cyclic esters (lactones) is 1. The van der Waals surface area contributed by atoms with E-state index < -0.39 is 0 Å². The minimum Gasteiger partial charge on any atom is -0.461 e. The van der Waals surface area contributed by atoms with Crippen molar-refractivity contribution < 1.29 is 18.7 Å². The van der Waals surface area contributed by atoms with Gasteiger partial charge >= 0.3 is 5.97 Å². The zero-order chi connectivity index (χ0) is 15.7. The Morgan fingerprint density at radius 3 is 2.36 bits per heavy atom. The molecule has 2 saturated heterocycles. The number of nitrogens with zero attached hydrogens (tertiary/aromatic N) is 2. The summed E-state index contributed by atoms with van der Waals surface area (Å²) in [5, 5.41) is 0. The molecule has 3 rings (SSSR count). The SMILES string of the molecule is CC1CC(N2CCN(C(=O)c3ccc(F)cc3)CC2)C(=O)O1. The van der Waals surface area contributed by atoms with E-state index in [0.29, 0.717) is 38.2 Å². The summed E-state index contributed by atoms with van der Waals surface area (Å²) in [4.78, 5) is 27.9. The largest absolute Gasteiger partial charge is 0.461 e. The number of hydrogen-bond donors (Lipinski definition) is 0. The quantitative estimate of drug-likeness (QED) is 0.773. The van der Waals surface area contributed by atoms with E-state index in [0.717, 1.165) is 0 Å². The van der Waals surface area contributed by atoms with Crippen LogP contribution < -0.4 is 0 Å². The molecule has 118 valence electrons. The average Bonchev–Trinajstić information content (AvgIpc) is 2.86. The maximum Gasteiger partial charge on any atom is 0.323 e. The van der Waals surface area contributed by atoms with Crippen molar-refractivity contribution in [2.45, 2.75) is 25.5 Å². The summed E-state index contributed by atoms with van der Waals surface area (Å²) < 4.78 is 18.1. The molecule has 0 aromatic heterocycles. The predicted octanol–water partition coefficient (Wildman–Crippen LogP) is 1.29. The second-order valence-corrected chi connectivity index (χ2v) is 5.83. The second kappa shape index (κ2) is 6.04. The average molecular weight is 306 g/mol. The van der Waals surface area contributed by atoms with Crippen LogP contribution in [0.25, 0.3) is 0 Å². The Morgan fingerprint density at radius 1 is 1.18 bits per heavy atom. The minimum atomic E-state index is -0.352. The topological polar surface area (TPSA) is 49.9 Å². The molecule has 2 atom stereocenters. The molecule has 6 heteroatoms. The molecule has 2 unspecified atom stereocenters. The number of carbonyl (C=O) groups is 2. The number of ether oxygens (including phenoxy) is 1. The van der Waals surface area contributed by atoms with Crippen LogP contribution in [0.4, 0.5) is 4.39 Å². The molecule has 0 saturated carbocycles. The van der Waals surface area contributed by atoms with Crippen LogP contribution in [-0.2, 0) is 9.53 Å². The molecule has 0 aliphatic carbocycles. The molecular formula is C16H19FN2O3. The number of amides is 1. The van der Waals surface area contributed by atoms with Gasteiger partial charge in [0, 0.05) is 38.2 Å². The third kappa shape index (κ3) is 2.97. The number of esters is 1. The van der Waals surface area contributed by atoms with E-state index in [4.69, 9.17) is 4.74 Å². The predicted molar refractivity (Wildman–Crippen MR) is 77.8 cm³/mol. The Balaban J connectivity index is 1.58. The van der Waals surface area contributed by atoms with Crippen molar-refractivity contribution in [2.75, 3.05) is 26.2 Å². The molecule has 1 amide bonds. The van der Waals surface area contributed by atoms with E-state index in [-0.39, 0.29) is 29.8 Å². The van der Waals surface area contributed by atoms with Crippen molar-refractivity contribution in [1.29, 1.82) is 0 Å². The van der Waals surface area contributed by atoms with E-state index in [1.54, 1.807) is 4.90 Å². The molecule has 2 fully saturated rings. The smallest absolute Gasteiger partial charge is 0.323 e. The van der Waals surface area contributed by atoms with Gasteiger partial charge < -0.3 is 9.64 Å². The number of halogens is 1. The molecule has 0 spiro atoms. The lowest BCUT2D eigenvalue weighted by Crippen LogP contribution is -2.53. The summed E-state index contributed by atoms with van der Waals surface area (Å²) in [5.74, 6) is -0.608. The van der Waals surface area contributed by atoms with Gasteiger partial charge in [0.1, 0.15) is 18.0 Å². The van der Waals surface area contributed by atoms with Gasteiger partial charge in [0.05, 0.1) is 0 Å². The summed E-state index contributed by atoms with van der Waals surface area (Å²) in [6, 6.07) is 5.40. The molecule has 1 aromatic carbocycles. The standard InChI is InChI=1S/C16H19FN2O3/c1-11-10-14(16(21)22-11)18-6-8-19(9-7-18)15(20)12-2-4-13(17)5-3-12/h2-5,11,14H,6-10H2,1H3. The van der Waals surface area contributed by atoms with E-state index in [9.17, 15) is 14.0 Å². The van der Waals surface area contributed by atoms with Crippen LogP contribution in [0.15, 0.2) is 24.3 Å². The lowest BCUT2D eigenvalue weighted by atomic mass is 10.1. The number of carbonyl (C=O) groups excluding carboxylic acids is 2. The minimum absolute atomic E-state index is 0.0311. The van der Waals surface area contributed by atoms with Crippen LogP contribution in [0.3, 0.4) is 0 Å². The van der Waals surface area contributed by atoms with Gasteiger partial charge in [-0.3, -0.25) is 14.5 Å². The Labute approximate surface area is 128 Å². The van der Waals surface area contributed by atoms with Crippen molar-refractivity contribution in [2.24, 2.45) is 0 Å². The maximum atomic E-state index is 12.9. The van der Waals surface area contributed by atoms with Crippen LogP contribution in [-0.4, -0.2) is 60.0 Å². The highest BCUT2D eigenvalue weighted by molar-refractivity contribution is 5.94. The molecule has 2 heterocycles. The monoisotopic (exact) mass is 306 g/mol. The van der Waals surface area contributed by atoms with Gasteiger partial charge in [-0.1, -0.05) is 0 Å². The summed E-state index contributed by atoms with van der Waals surface area (Å²) in [5.41, 5.74) is 0.490. The van der Waals surface area contributed by atoms with Crippen LogP contribution >= 0.6 is 0 Å². The van der Waals surface area contributed by atoms with E-state index in [1.807, 2.05) is 6.92 Å². The summed E-state index contributed by atoms with van der Waals surface area (Å²) >= 11 is 0. The van der Waals surface area contributed by atoms with Gasteiger partial charge in [0.25, 0.3) is 5.91 Å². The molecule has 2 aliphatic rings. The van der Waals surface area contributed by atoms with Gasteiger partial charge in [0.2, 0.25) is 0 Å². The number of benzene rings is 1. The zero-order valence-corrected chi connectivity index (χ0v) is 12.5. The highest BCUT2D eigenvalue weighted by Crippen LogP contribution is 2.21. The van der Waals surface area contributed by atoms with Crippen LogP contribution in [0.5, 0.6) is 0 Å². The molecule has 0 radical (unpaired) electrons. The molecular weight excluding hydrogens is 287 g/mol. The lowest BCUT2D eigenvalue weighted by Gasteiger charge is -2.36. The third-order valence-electron chi connectivity index (χ3n) is 4.28. The second-order valence-electron chi connectivity index (χ2n) is 5.83. The summed E-state index contributed by atoms with van der Waals surface area (Å²) in [7, 11) is 0. The summed E-state index contributed by atoms with van der Waals surface area (Å²) in [6.07, 6.45) is 0.682. The fourth-order valence-corrected chi connectivity index (χ4v) is 3.05. The van der Waals surface area contributed by atoms with Gasteiger partial charge in [-0.15, -0.1) is 0 Å². The van der Waals surface area contributed by atoms with Crippen molar-refractivity contribution in [3.8, 4) is 0 Å². The Hall–Kier alpha value is -1.95. The first kappa shape index (κ1) is 15.0. The first-order valence-corrected chi connectivity index (χ1v) is 7.54. The highest BCUT2D eigenvalue weighted by atomic mass is 19.1. The first-order valence-electron chi connectivity index (χ1n) is 7.54. The van der Waals surface area contributed by atoms with Crippen LogP contribution in [0.2, 0.25) is 0 Å². The van der Waals surface area contributed by atoms with Crippen LogP contribution in [0, 0.1) is 5.82 Å². The molecule has 1 aromatic rings. The maximum absolute atomic E-state index is 12.9.